The van der Waals surface area contributed by atoms with Crippen molar-refractivity contribution in [2.75, 3.05) is 19.8 Å². The molecular formula is C20H27Cl4NO3. The number of oxime groups is 1. The van der Waals surface area contributed by atoms with Crippen molar-refractivity contribution in [3.05, 3.63) is 32.7 Å². The van der Waals surface area contributed by atoms with Gasteiger partial charge >= 0.3 is 0 Å². The fourth-order valence-corrected chi connectivity index (χ4v) is 2.56. The molecule has 0 unspecified atom stereocenters. The molecule has 28 heavy (non-hydrogen) atoms. The first-order valence-electron chi connectivity index (χ1n) is 9.04. The Morgan fingerprint density at radius 1 is 1.00 bits per heavy atom. The van der Waals surface area contributed by atoms with E-state index in [1.807, 2.05) is 6.92 Å². The smallest absolute Gasteiger partial charge is 0.156 e. The third kappa shape index (κ3) is 10.1. The van der Waals surface area contributed by atoms with Gasteiger partial charge < -0.3 is 14.3 Å². The number of hydrogen-bond donors (Lipinski definition) is 0. The molecule has 0 radical (unpaired) electrons. The van der Waals surface area contributed by atoms with Crippen molar-refractivity contribution in [2.24, 2.45) is 10.6 Å². The number of hydrogen-bond acceptors (Lipinski definition) is 4. The zero-order valence-electron chi connectivity index (χ0n) is 16.7. The van der Waals surface area contributed by atoms with Crippen molar-refractivity contribution in [2.45, 2.75) is 47.0 Å². The normalized spacial score (nSPS) is 11.9. The Kier molecular flexibility index (Phi) is 11.4. The molecule has 1 aromatic carbocycles. The van der Waals surface area contributed by atoms with Crippen molar-refractivity contribution >= 4 is 52.1 Å². The summed E-state index contributed by atoms with van der Waals surface area (Å²) in [5.41, 5.74) is 1.01. The first kappa shape index (κ1) is 25.2. The van der Waals surface area contributed by atoms with Gasteiger partial charge in [-0.2, -0.15) is 0 Å². The summed E-state index contributed by atoms with van der Waals surface area (Å²) in [6, 6.07) is 3.28. The zero-order chi connectivity index (χ0) is 21.2. The van der Waals surface area contributed by atoms with E-state index in [0.29, 0.717) is 34.8 Å². The molecule has 0 spiro atoms. The Balaban J connectivity index is 2.33. The summed E-state index contributed by atoms with van der Waals surface area (Å²) < 4.78 is 11.3. The van der Waals surface area contributed by atoms with E-state index in [9.17, 15) is 0 Å². The van der Waals surface area contributed by atoms with Gasteiger partial charge in [-0.15, -0.1) is 0 Å². The molecule has 0 aliphatic heterocycles. The van der Waals surface area contributed by atoms with Gasteiger partial charge in [0.1, 0.15) is 23.5 Å². The van der Waals surface area contributed by atoms with Crippen LogP contribution in [0.3, 0.4) is 0 Å². The molecule has 0 bridgehead atoms. The molecule has 0 N–H and O–H groups in total. The van der Waals surface area contributed by atoms with E-state index in [2.05, 4.69) is 25.9 Å². The lowest BCUT2D eigenvalue weighted by Gasteiger charge is -2.16. The van der Waals surface area contributed by atoms with Crippen LogP contribution in [0.15, 0.2) is 27.9 Å². The summed E-state index contributed by atoms with van der Waals surface area (Å²) in [7, 11) is 0. The first-order valence-corrected chi connectivity index (χ1v) is 10.5. The van der Waals surface area contributed by atoms with Crippen molar-refractivity contribution in [1.29, 1.82) is 0 Å². The van der Waals surface area contributed by atoms with Gasteiger partial charge in [-0.25, -0.2) is 0 Å². The Hall–Kier alpha value is -0.810. The minimum Gasteiger partial charge on any atom is -0.490 e. The summed E-state index contributed by atoms with van der Waals surface area (Å²) in [4.78, 5) is 5.36. The van der Waals surface area contributed by atoms with Crippen molar-refractivity contribution < 1.29 is 14.3 Å². The van der Waals surface area contributed by atoms with Gasteiger partial charge in [0, 0.05) is 17.5 Å². The third-order valence-electron chi connectivity index (χ3n) is 3.87. The van der Waals surface area contributed by atoms with Crippen molar-refractivity contribution in [1.82, 2.24) is 0 Å². The maximum atomic E-state index is 6.23. The largest absolute Gasteiger partial charge is 0.490 e. The maximum absolute atomic E-state index is 6.23. The van der Waals surface area contributed by atoms with Crippen LogP contribution >= 0.6 is 46.4 Å². The molecule has 0 aromatic heterocycles. The quantitative estimate of drug-likeness (QED) is 0.189. The monoisotopic (exact) mass is 469 g/mol. The predicted octanol–water partition coefficient (Wildman–Crippen LogP) is 7.68. The second-order valence-corrected chi connectivity index (χ2v) is 9.01. The van der Waals surface area contributed by atoms with E-state index in [0.717, 1.165) is 25.0 Å². The van der Waals surface area contributed by atoms with Crippen LogP contribution in [0.4, 0.5) is 0 Å². The molecule has 158 valence electrons. The zero-order valence-corrected chi connectivity index (χ0v) is 19.7. The van der Waals surface area contributed by atoms with Gasteiger partial charge in [-0.3, -0.25) is 0 Å². The highest BCUT2D eigenvalue weighted by molar-refractivity contribution is 6.55. The molecule has 8 heteroatoms. The molecule has 0 saturated heterocycles. The number of rotatable bonds is 11. The Morgan fingerprint density at radius 3 is 2.18 bits per heavy atom. The van der Waals surface area contributed by atoms with Crippen LogP contribution in [0.25, 0.3) is 0 Å². The summed E-state index contributed by atoms with van der Waals surface area (Å²) >= 11 is 23.5. The van der Waals surface area contributed by atoms with Gasteiger partial charge in [-0.1, -0.05) is 72.3 Å². The van der Waals surface area contributed by atoms with Crippen molar-refractivity contribution in [3.63, 3.8) is 0 Å². The highest BCUT2D eigenvalue weighted by Crippen LogP contribution is 2.37. The second-order valence-electron chi connectivity index (χ2n) is 7.19. The summed E-state index contributed by atoms with van der Waals surface area (Å²) in [5.74, 6) is 0.958. The molecule has 0 fully saturated rings. The molecule has 0 aliphatic rings. The fourth-order valence-electron chi connectivity index (χ4n) is 1.86. The fraction of sp³-hybridized carbons (Fsp3) is 0.550. The van der Waals surface area contributed by atoms with Gasteiger partial charge in [0.15, 0.2) is 5.75 Å². The number of benzene rings is 1. The highest BCUT2D eigenvalue weighted by atomic mass is 35.5. The lowest BCUT2D eigenvalue weighted by molar-refractivity contribution is 0.135. The lowest BCUT2D eigenvalue weighted by Crippen LogP contribution is -2.17. The molecule has 4 nitrogen and oxygen atoms in total. The first-order chi connectivity index (χ1) is 13.1. The van der Waals surface area contributed by atoms with Crippen LogP contribution in [-0.2, 0) is 4.84 Å². The average Bonchev–Trinajstić information content (AvgIpc) is 2.57. The molecule has 0 heterocycles. The molecule has 1 aromatic rings. The molecule has 1 rings (SSSR count). The predicted molar refractivity (Wildman–Crippen MR) is 120 cm³/mol. The second kappa shape index (κ2) is 12.7. The van der Waals surface area contributed by atoms with E-state index in [1.165, 1.54) is 6.08 Å². The van der Waals surface area contributed by atoms with E-state index in [-0.39, 0.29) is 16.5 Å². The van der Waals surface area contributed by atoms with Crippen LogP contribution in [0.5, 0.6) is 11.5 Å². The van der Waals surface area contributed by atoms with E-state index >= 15 is 0 Å². The molecular weight excluding hydrogens is 444 g/mol. The van der Waals surface area contributed by atoms with Gasteiger partial charge in [0.05, 0.1) is 22.4 Å². The molecule has 0 atom stereocenters. The Bertz CT molecular complexity index is 658. The van der Waals surface area contributed by atoms with E-state index in [1.54, 1.807) is 12.1 Å². The van der Waals surface area contributed by atoms with E-state index in [4.69, 9.17) is 60.7 Å². The number of unbranched alkanes of at least 4 members (excludes halogenated alkanes) is 2. The lowest BCUT2D eigenvalue weighted by atomic mass is 9.91. The topological polar surface area (TPSA) is 40.0 Å². The molecule has 0 amide bonds. The molecule has 0 saturated carbocycles. The summed E-state index contributed by atoms with van der Waals surface area (Å²) in [6.07, 6.45) is 4.23. The SMILES string of the molecule is CC(=NOCCCCCOc1c(Cl)cc(OCC=C(Cl)Cl)cc1Cl)C(C)(C)C. The highest BCUT2D eigenvalue weighted by Gasteiger charge is 2.14. The summed E-state index contributed by atoms with van der Waals surface area (Å²) in [5, 5.41) is 4.92. The van der Waals surface area contributed by atoms with Crippen LogP contribution in [-0.4, -0.2) is 25.5 Å². The Labute approximate surface area is 187 Å². The van der Waals surface area contributed by atoms with Crippen LogP contribution in [0.2, 0.25) is 10.0 Å². The van der Waals surface area contributed by atoms with Crippen LogP contribution in [0, 0.1) is 5.41 Å². The van der Waals surface area contributed by atoms with Crippen LogP contribution in [0.1, 0.15) is 47.0 Å². The molecule has 0 aliphatic carbocycles. The Morgan fingerprint density at radius 2 is 1.61 bits per heavy atom. The number of ether oxygens (including phenoxy) is 2. The number of halogens is 4. The number of nitrogens with zero attached hydrogens (tertiary/aromatic N) is 1. The van der Waals surface area contributed by atoms with Gasteiger partial charge in [-0.05, 0) is 32.3 Å². The average molecular weight is 471 g/mol. The minimum atomic E-state index is 0.0286. The minimum absolute atomic E-state index is 0.0286. The van der Waals surface area contributed by atoms with Gasteiger partial charge in [0.25, 0.3) is 0 Å². The van der Waals surface area contributed by atoms with Crippen molar-refractivity contribution in [3.8, 4) is 11.5 Å². The standard InChI is InChI=1S/C20H27Cl4NO3/c1-14(20(2,3)4)25-28-10-7-5-6-9-27-19-16(21)12-15(13-17(19)22)26-11-8-18(23)24/h8,12-13H,5-7,9-11H2,1-4H3. The third-order valence-corrected chi connectivity index (χ3v) is 4.74. The van der Waals surface area contributed by atoms with Crippen LogP contribution < -0.4 is 9.47 Å². The maximum Gasteiger partial charge on any atom is 0.156 e. The van der Waals surface area contributed by atoms with Gasteiger partial charge in [0.2, 0.25) is 0 Å². The van der Waals surface area contributed by atoms with E-state index < -0.39 is 0 Å². The summed E-state index contributed by atoms with van der Waals surface area (Å²) in [6.45, 7) is 9.60.